The van der Waals surface area contributed by atoms with E-state index in [-0.39, 0.29) is 5.91 Å². The number of nitrogens with zero attached hydrogens (tertiary/aromatic N) is 1. The number of benzene rings is 2. The Bertz CT molecular complexity index is 977. The molecule has 0 aliphatic heterocycles. The molecule has 3 rings (SSSR count). The lowest BCUT2D eigenvalue weighted by Crippen LogP contribution is -2.12. The van der Waals surface area contributed by atoms with Crippen LogP contribution >= 0.6 is 11.6 Å². The molecular weight excluding hydrogens is 366 g/mol. The summed E-state index contributed by atoms with van der Waals surface area (Å²) in [6, 6.07) is 15.5. The first kappa shape index (κ1) is 18.4. The molecule has 2 N–H and O–H groups in total. The first-order valence-corrected chi connectivity index (χ1v) is 8.41. The first-order chi connectivity index (χ1) is 13.1. The molecule has 0 radical (unpaired) electrons. The molecule has 0 unspecified atom stereocenters. The Labute approximate surface area is 161 Å². The van der Waals surface area contributed by atoms with Crippen molar-refractivity contribution in [1.29, 1.82) is 0 Å². The molecule has 1 amide bonds. The zero-order chi connectivity index (χ0) is 19.2. The van der Waals surface area contributed by atoms with Crippen molar-refractivity contribution in [1.82, 2.24) is 4.98 Å². The fraction of sp³-hybridized carbons (Fsp3) is 0.0500. The van der Waals surface area contributed by atoms with Crippen LogP contribution < -0.4 is 10.6 Å². The van der Waals surface area contributed by atoms with E-state index in [0.717, 1.165) is 0 Å². The van der Waals surface area contributed by atoms with E-state index in [1.165, 1.54) is 13.3 Å². The summed E-state index contributed by atoms with van der Waals surface area (Å²) in [6.45, 7) is 0. The average molecular weight is 382 g/mol. The number of pyridine rings is 1. The minimum Gasteiger partial charge on any atom is -0.465 e. The van der Waals surface area contributed by atoms with Crippen LogP contribution in [0.25, 0.3) is 0 Å². The number of aromatic nitrogens is 1. The SMILES string of the molecule is COC(=O)c1ccc(Cl)c(Nc2cncc(C(=O)Nc3ccccc3)c2)c1. The second kappa shape index (κ2) is 8.33. The summed E-state index contributed by atoms with van der Waals surface area (Å²) < 4.78 is 4.71. The van der Waals surface area contributed by atoms with Crippen LogP contribution in [0.4, 0.5) is 17.1 Å². The molecule has 3 aromatic rings. The third-order valence-electron chi connectivity index (χ3n) is 3.70. The number of ether oxygens (including phenoxy) is 1. The van der Waals surface area contributed by atoms with Crippen LogP contribution in [0, 0.1) is 0 Å². The van der Waals surface area contributed by atoms with Gasteiger partial charge in [-0.15, -0.1) is 0 Å². The first-order valence-electron chi connectivity index (χ1n) is 8.03. The summed E-state index contributed by atoms with van der Waals surface area (Å²) in [5, 5.41) is 6.29. The fourth-order valence-corrected chi connectivity index (χ4v) is 2.54. The normalized spacial score (nSPS) is 10.1. The molecule has 0 aliphatic rings. The van der Waals surface area contributed by atoms with E-state index in [0.29, 0.717) is 33.2 Å². The molecule has 7 heteroatoms. The van der Waals surface area contributed by atoms with E-state index in [9.17, 15) is 9.59 Å². The Balaban J connectivity index is 1.80. The van der Waals surface area contributed by atoms with E-state index < -0.39 is 5.97 Å². The quantitative estimate of drug-likeness (QED) is 0.635. The van der Waals surface area contributed by atoms with Gasteiger partial charge in [0.25, 0.3) is 5.91 Å². The number of nitrogens with one attached hydrogen (secondary N) is 2. The van der Waals surface area contributed by atoms with Crippen molar-refractivity contribution in [2.75, 3.05) is 17.7 Å². The van der Waals surface area contributed by atoms with Crippen LogP contribution in [-0.4, -0.2) is 24.0 Å². The molecule has 0 aliphatic carbocycles. The Kier molecular flexibility index (Phi) is 5.68. The van der Waals surface area contributed by atoms with Gasteiger partial charge in [-0.25, -0.2) is 4.79 Å². The highest BCUT2D eigenvalue weighted by Crippen LogP contribution is 2.27. The van der Waals surface area contributed by atoms with Gasteiger partial charge in [-0.1, -0.05) is 29.8 Å². The summed E-state index contributed by atoms with van der Waals surface area (Å²) in [5.74, 6) is -0.754. The highest BCUT2D eigenvalue weighted by Gasteiger charge is 2.11. The zero-order valence-corrected chi connectivity index (χ0v) is 15.2. The Morgan fingerprint density at radius 3 is 2.48 bits per heavy atom. The lowest BCUT2D eigenvalue weighted by Gasteiger charge is -2.11. The molecule has 0 atom stereocenters. The highest BCUT2D eigenvalue weighted by molar-refractivity contribution is 6.33. The van der Waals surface area contributed by atoms with Gasteiger partial charge in [-0.2, -0.15) is 0 Å². The van der Waals surface area contributed by atoms with Gasteiger partial charge in [-0.3, -0.25) is 9.78 Å². The number of para-hydroxylation sites is 1. The number of hydrogen-bond donors (Lipinski definition) is 2. The minimum atomic E-state index is -0.469. The van der Waals surface area contributed by atoms with E-state index in [2.05, 4.69) is 15.6 Å². The monoisotopic (exact) mass is 381 g/mol. The second-order valence-corrected chi connectivity index (χ2v) is 6.00. The van der Waals surface area contributed by atoms with Gasteiger partial charge in [0.05, 0.1) is 40.8 Å². The van der Waals surface area contributed by atoms with Crippen molar-refractivity contribution in [3.8, 4) is 0 Å². The summed E-state index contributed by atoms with van der Waals surface area (Å²) >= 11 is 6.19. The predicted molar refractivity (Wildman–Crippen MR) is 105 cm³/mol. The molecule has 0 saturated heterocycles. The number of carbonyl (C=O) groups excluding carboxylic acids is 2. The lowest BCUT2D eigenvalue weighted by molar-refractivity contribution is 0.0600. The number of rotatable bonds is 5. The smallest absolute Gasteiger partial charge is 0.337 e. The second-order valence-electron chi connectivity index (χ2n) is 5.59. The average Bonchev–Trinajstić information content (AvgIpc) is 2.70. The molecule has 0 fully saturated rings. The van der Waals surface area contributed by atoms with Gasteiger partial charge in [0, 0.05) is 11.9 Å². The van der Waals surface area contributed by atoms with Crippen LogP contribution in [0.15, 0.2) is 67.0 Å². The largest absolute Gasteiger partial charge is 0.465 e. The molecule has 1 heterocycles. The molecule has 1 aromatic heterocycles. The molecule has 136 valence electrons. The number of amides is 1. The molecule has 0 saturated carbocycles. The molecule has 0 spiro atoms. The summed E-state index contributed by atoms with van der Waals surface area (Å²) in [7, 11) is 1.31. The maximum Gasteiger partial charge on any atom is 0.337 e. The highest BCUT2D eigenvalue weighted by atomic mass is 35.5. The van der Waals surface area contributed by atoms with Crippen LogP contribution in [0.1, 0.15) is 20.7 Å². The van der Waals surface area contributed by atoms with Crippen LogP contribution in [0.5, 0.6) is 0 Å². The number of methoxy groups -OCH3 is 1. The van der Waals surface area contributed by atoms with E-state index in [4.69, 9.17) is 16.3 Å². The van der Waals surface area contributed by atoms with Gasteiger partial charge >= 0.3 is 5.97 Å². The molecular formula is C20H16ClN3O3. The van der Waals surface area contributed by atoms with Crippen molar-refractivity contribution in [3.63, 3.8) is 0 Å². The molecule has 6 nitrogen and oxygen atoms in total. The van der Waals surface area contributed by atoms with Crippen LogP contribution in [0.2, 0.25) is 5.02 Å². The molecule has 27 heavy (non-hydrogen) atoms. The van der Waals surface area contributed by atoms with Crippen LogP contribution in [-0.2, 0) is 4.74 Å². The third kappa shape index (κ3) is 4.62. The van der Waals surface area contributed by atoms with Gasteiger partial charge in [0.2, 0.25) is 0 Å². The van der Waals surface area contributed by atoms with Crippen molar-refractivity contribution in [3.05, 3.63) is 83.1 Å². The predicted octanol–water partition coefficient (Wildman–Crippen LogP) is 4.52. The van der Waals surface area contributed by atoms with E-state index in [1.54, 1.807) is 42.6 Å². The van der Waals surface area contributed by atoms with E-state index in [1.807, 2.05) is 18.2 Å². The van der Waals surface area contributed by atoms with Crippen molar-refractivity contribution in [2.24, 2.45) is 0 Å². The van der Waals surface area contributed by atoms with Gasteiger partial charge in [0.1, 0.15) is 0 Å². The summed E-state index contributed by atoms with van der Waals surface area (Å²) in [6.07, 6.45) is 3.02. The molecule has 0 bridgehead atoms. The van der Waals surface area contributed by atoms with Gasteiger partial charge in [-0.05, 0) is 36.4 Å². The number of esters is 1. The Morgan fingerprint density at radius 2 is 1.74 bits per heavy atom. The number of carbonyl (C=O) groups is 2. The van der Waals surface area contributed by atoms with Crippen LogP contribution in [0.3, 0.4) is 0 Å². The standard InChI is InChI=1S/C20H16ClN3O3/c1-27-20(26)13-7-8-17(21)18(10-13)23-16-9-14(11-22-12-16)19(25)24-15-5-3-2-4-6-15/h2-12,23H,1H3,(H,24,25). The van der Waals surface area contributed by atoms with Gasteiger partial charge < -0.3 is 15.4 Å². The third-order valence-corrected chi connectivity index (χ3v) is 4.03. The van der Waals surface area contributed by atoms with Gasteiger partial charge in [0.15, 0.2) is 0 Å². The Hall–Kier alpha value is -3.38. The summed E-state index contributed by atoms with van der Waals surface area (Å²) in [4.78, 5) is 28.2. The topological polar surface area (TPSA) is 80.3 Å². The maximum absolute atomic E-state index is 12.4. The minimum absolute atomic E-state index is 0.285. The zero-order valence-electron chi connectivity index (χ0n) is 14.4. The van der Waals surface area contributed by atoms with E-state index >= 15 is 0 Å². The number of halogens is 1. The van der Waals surface area contributed by atoms with Crippen molar-refractivity contribution >= 4 is 40.5 Å². The molecule has 2 aromatic carbocycles. The van der Waals surface area contributed by atoms with Crippen molar-refractivity contribution in [2.45, 2.75) is 0 Å². The number of hydrogen-bond acceptors (Lipinski definition) is 5. The fourth-order valence-electron chi connectivity index (χ4n) is 2.38. The lowest BCUT2D eigenvalue weighted by atomic mass is 10.2. The van der Waals surface area contributed by atoms with Crippen molar-refractivity contribution < 1.29 is 14.3 Å². The Morgan fingerprint density at radius 1 is 0.963 bits per heavy atom. The summed E-state index contributed by atoms with van der Waals surface area (Å²) in [5.41, 5.74) is 2.48. The maximum atomic E-state index is 12.4. The number of anilines is 3.